The lowest BCUT2D eigenvalue weighted by atomic mass is 10.2. The summed E-state index contributed by atoms with van der Waals surface area (Å²) in [5, 5.41) is 8.65. The Kier molecular flexibility index (Phi) is 5.64. The number of aromatic nitrogens is 3. The number of benzene rings is 1. The van der Waals surface area contributed by atoms with Gasteiger partial charge in [-0.3, -0.25) is 9.69 Å². The van der Waals surface area contributed by atoms with Gasteiger partial charge in [0.2, 0.25) is 5.89 Å². The van der Waals surface area contributed by atoms with Crippen molar-refractivity contribution < 1.29 is 9.21 Å². The highest BCUT2D eigenvalue weighted by Crippen LogP contribution is 2.24. The minimum absolute atomic E-state index is 0.0691. The number of thioether (sulfide) groups is 1. The van der Waals surface area contributed by atoms with Gasteiger partial charge in [0.15, 0.2) is 5.78 Å². The zero-order valence-corrected chi connectivity index (χ0v) is 17.0. The van der Waals surface area contributed by atoms with Gasteiger partial charge in [-0.15, -0.1) is 10.2 Å². The van der Waals surface area contributed by atoms with E-state index in [1.54, 1.807) is 0 Å². The van der Waals surface area contributed by atoms with E-state index in [-0.39, 0.29) is 11.5 Å². The van der Waals surface area contributed by atoms with Crippen molar-refractivity contribution >= 4 is 17.5 Å². The molecule has 0 aliphatic carbocycles. The monoisotopic (exact) mass is 396 g/mol. The fourth-order valence-electron chi connectivity index (χ4n) is 3.72. The first-order chi connectivity index (χ1) is 13.6. The van der Waals surface area contributed by atoms with Gasteiger partial charge < -0.3 is 8.98 Å². The van der Waals surface area contributed by atoms with Gasteiger partial charge in [0.05, 0.1) is 12.3 Å². The molecule has 1 aliphatic heterocycles. The molecule has 0 spiro atoms. The molecular formula is C21H24N4O2S. The van der Waals surface area contributed by atoms with Gasteiger partial charge in [-0.2, -0.15) is 0 Å². The Hall–Kier alpha value is -2.38. The van der Waals surface area contributed by atoms with Crippen LogP contribution in [0.2, 0.25) is 0 Å². The van der Waals surface area contributed by atoms with Crippen LogP contribution in [0.1, 0.15) is 40.5 Å². The molecule has 28 heavy (non-hydrogen) atoms. The number of carbonyl (C=O) groups excluding carboxylic acids is 1. The Morgan fingerprint density at radius 3 is 2.64 bits per heavy atom. The van der Waals surface area contributed by atoms with Crippen LogP contribution in [-0.4, -0.2) is 44.3 Å². The van der Waals surface area contributed by atoms with Crippen molar-refractivity contribution in [2.75, 3.05) is 18.8 Å². The molecule has 0 radical (unpaired) electrons. The summed E-state index contributed by atoms with van der Waals surface area (Å²) in [6, 6.07) is 12.0. The van der Waals surface area contributed by atoms with Gasteiger partial charge in [0, 0.05) is 22.6 Å². The van der Waals surface area contributed by atoms with Crippen molar-refractivity contribution in [3.63, 3.8) is 0 Å². The van der Waals surface area contributed by atoms with Crippen molar-refractivity contribution in [3.05, 3.63) is 59.2 Å². The Balaban J connectivity index is 1.41. The number of likely N-dealkylation sites (tertiary alicyclic amines) is 1. The van der Waals surface area contributed by atoms with E-state index in [0.29, 0.717) is 17.7 Å². The van der Waals surface area contributed by atoms with E-state index in [4.69, 9.17) is 4.42 Å². The molecule has 0 amide bonds. The van der Waals surface area contributed by atoms with E-state index in [0.717, 1.165) is 35.7 Å². The fraction of sp³-hybridized carbons (Fsp3) is 0.381. The van der Waals surface area contributed by atoms with E-state index in [1.165, 1.54) is 24.6 Å². The van der Waals surface area contributed by atoms with Crippen molar-refractivity contribution in [2.45, 2.75) is 38.5 Å². The predicted molar refractivity (Wildman–Crippen MR) is 109 cm³/mol. The summed E-state index contributed by atoms with van der Waals surface area (Å²) in [6.45, 7) is 6.87. The van der Waals surface area contributed by atoms with Crippen LogP contribution in [0.25, 0.3) is 5.69 Å². The predicted octanol–water partition coefficient (Wildman–Crippen LogP) is 4.05. The number of carbonyl (C=O) groups is 1. The molecule has 1 fully saturated rings. The maximum absolute atomic E-state index is 12.8. The summed E-state index contributed by atoms with van der Waals surface area (Å²) >= 11 is 1.30. The summed E-state index contributed by atoms with van der Waals surface area (Å²) in [5.74, 6) is 0.975. The second-order valence-electron chi connectivity index (χ2n) is 7.11. The third kappa shape index (κ3) is 4.05. The molecular weight excluding hydrogens is 372 g/mol. The first-order valence-corrected chi connectivity index (χ1v) is 10.6. The van der Waals surface area contributed by atoms with Gasteiger partial charge in [0.1, 0.15) is 0 Å². The summed E-state index contributed by atoms with van der Waals surface area (Å²) in [4.78, 5) is 15.1. The van der Waals surface area contributed by atoms with Crippen LogP contribution < -0.4 is 0 Å². The average Bonchev–Trinajstić information content (AvgIpc) is 3.43. The quantitative estimate of drug-likeness (QED) is 0.443. The second kappa shape index (κ2) is 8.32. The van der Waals surface area contributed by atoms with Crippen molar-refractivity contribution in [1.82, 2.24) is 19.7 Å². The maximum Gasteiger partial charge on any atom is 0.277 e. The first kappa shape index (κ1) is 19.0. The number of aryl methyl sites for hydroxylation is 1. The standard InChI is InChI=1S/C21H24N4O2S/c1-15-12-18(16(2)25(15)17-8-4-3-5-9-17)19(26)14-28-21-23-22-20(27-21)13-24-10-6-7-11-24/h3-5,8-9,12H,6-7,10-11,13-14H2,1-2H3. The van der Waals surface area contributed by atoms with Gasteiger partial charge in [0.25, 0.3) is 5.22 Å². The highest BCUT2D eigenvalue weighted by atomic mass is 32.2. The Morgan fingerprint density at radius 1 is 1.14 bits per heavy atom. The fourth-order valence-corrected chi connectivity index (χ4v) is 4.38. The van der Waals surface area contributed by atoms with Crippen molar-refractivity contribution in [1.29, 1.82) is 0 Å². The van der Waals surface area contributed by atoms with Crippen molar-refractivity contribution in [3.8, 4) is 5.69 Å². The van der Waals surface area contributed by atoms with Gasteiger partial charge in [-0.1, -0.05) is 30.0 Å². The SMILES string of the molecule is Cc1cc(C(=O)CSc2nnc(CN3CCCC3)o2)c(C)n1-c1ccccc1. The molecule has 7 heteroatoms. The normalized spacial score (nSPS) is 14.6. The minimum Gasteiger partial charge on any atom is -0.415 e. The highest BCUT2D eigenvalue weighted by molar-refractivity contribution is 7.99. The third-order valence-corrected chi connectivity index (χ3v) is 5.90. The molecule has 0 bridgehead atoms. The summed E-state index contributed by atoms with van der Waals surface area (Å²) in [6.07, 6.45) is 2.46. The smallest absolute Gasteiger partial charge is 0.277 e. The van der Waals surface area contributed by atoms with Crippen LogP contribution >= 0.6 is 11.8 Å². The zero-order chi connectivity index (χ0) is 19.5. The molecule has 0 N–H and O–H groups in total. The largest absolute Gasteiger partial charge is 0.415 e. The average molecular weight is 397 g/mol. The van der Waals surface area contributed by atoms with Gasteiger partial charge in [-0.05, 0) is 58.0 Å². The number of ketones is 1. The first-order valence-electron chi connectivity index (χ1n) is 9.57. The minimum atomic E-state index is 0.0691. The van der Waals surface area contributed by atoms with Crippen LogP contribution in [-0.2, 0) is 6.54 Å². The third-order valence-electron chi connectivity index (χ3n) is 5.08. The summed E-state index contributed by atoms with van der Waals surface area (Å²) in [5.41, 5.74) is 3.80. The molecule has 3 aromatic rings. The molecule has 1 aliphatic rings. The van der Waals surface area contributed by atoms with Crippen LogP contribution in [0.5, 0.6) is 0 Å². The zero-order valence-electron chi connectivity index (χ0n) is 16.2. The van der Waals surface area contributed by atoms with E-state index in [2.05, 4.69) is 19.7 Å². The number of para-hydroxylation sites is 1. The molecule has 1 saturated heterocycles. The molecule has 1 aromatic carbocycles. The van der Waals surface area contributed by atoms with Gasteiger partial charge >= 0.3 is 0 Å². The topological polar surface area (TPSA) is 64.2 Å². The number of nitrogens with zero attached hydrogens (tertiary/aromatic N) is 4. The molecule has 146 valence electrons. The Bertz CT molecular complexity index is 958. The lowest BCUT2D eigenvalue weighted by molar-refractivity contribution is 0.102. The van der Waals surface area contributed by atoms with Crippen molar-refractivity contribution in [2.24, 2.45) is 0 Å². The lowest BCUT2D eigenvalue weighted by Crippen LogP contribution is -2.18. The molecule has 0 saturated carbocycles. The van der Waals surface area contributed by atoms with Crippen LogP contribution in [0.15, 0.2) is 46.0 Å². The molecule has 0 unspecified atom stereocenters. The molecule has 6 nitrogen and oxygen atoms in total. The molecule has 3 heterocycles. The van der Waals surface area contributed by atoms with Crippen LogP contribution in [0.3, 0.4) is 0 Å². The summed E-state index contributed by atoms with van der Waals surface area (Å²) < 4.78 is 7.81. The number of Topliss-reactive ketones (excluding diaryl/α,β-unsaturated/α-hetero) is 1. The molecule has 4 rings (SSSR count). The molecule has 2 aromatic heterocycles. The van der Waals surface area contributed by atoms with E-state index >= 15 is 0 Å². The summed E-state index contributed by atoms with van der Waals surface area (Å²) in [7, 11) is 0. The number of hydrogen-bond acceptors (Lipinski definition) is 6. The van der Waals surface area contributed by atoms with E-state index in [9.17, 15) is 4.79 Å². The number of hydrogen-bond donors (Lipinski definition) is 0. The lowest BCUT2D eigenvalue weighted by Gasteiger charge is -2.10. The van der Waals surface area contributed by atoms with Crippen LogP contribution in [0.4, 0.5) is 0 Å². The van der Waals surface area contributed by atoms with Gasteiger partial charge in [-0.25, -0.2) is 0 Å². The number of rotatable bonds is 7. The van der Waals surface area contributed by atoms with E-state index < -0.39 is 0 Å². The highest BCUT2D eigenvalue weighted by Gasteiger charge is 2.19. The van der Waals surface area contributed by atoms with E-state index in [1.807, 2.05) is 50.2 Å². The Labute approximate surface area is 168 Å². The second-order valence-corrected chi connectivity index (χ2v) is 8.04. The van der Waals surface area contributed by atoms with Crippen LogP contribution in [0, 0.1) is 13.8 Å². The maximum atomic E-state index is 12.8. The Morgan fingerprint density at radius 2 is 1.89 bits per heavy atom. The molecule has 0 atom stereocenters.